The minimum Gasteiger partial charge on any atom is -0.447 e. The average Bonchev–Trinajstić information content (AvgIpc) is 2.60. The number of alkyl halides is 1. The number of carbonyl (C=O) groups excluding carboxylic acids is 2. The lowest BCUT2D eigenvalue weighted by Gasteiger charge is -2.11. The SMILES string of the molecule is CCC(Br)CCC(=O)N1CCOC1=O. The number of halogens is 1. The fourth-order valence-corrected chi connectivity index (χ4v) is 1.47. The highest BCUT2D eigenvalue weighted by Crippen LogP contribution is 2.14. The number of imide groups is 1. The van der Waals surface area contributed by atoms with Gasteiger partial charge in [-0.2, -0.15) is 0 Å². The van der Waals surface area contributed by atoms with Crippen molar-refractivity contribution in [3.63, 3.8) is 0 Å². The molecule has 0 bridgehead atoms. The maximum absolute atomic E-state index is 11.5. The highest BCUT2D eigenvalue weighted by atomic mass is 79.9. The average molecular weight is 264 g/mol. The molecular formula is C9H14BrNO3. The zero-order valence-electron chi connectivity index (χ0n) is 8.16. The molecule has 0 radical (unpaired) electrons. The molecule has 80 valence electrons. The highest BCUT2D eigenvalue weighted by molar-refractivity contribution is 9.09. The lowest BCUT2D eigenvalue weighted by atomic mass is 10.2. The topological polar surface area (TPSA) is 46.6 Å². The fraction of sp³-hybridized carbons (Fsp3) is 0.778. The van der Waals surface area contributed by atoms with Gasteiger partial charge in [0.2, 0.25) is 5.91 Å². The number of rotatable bonds is 4. The smallest absolute Gasteiger partial charge is 0.416 e. The lowest BCUT2D eigenvalue weighted by molar-refractivity contribution is -0.127. The summed E-state index contributed by atoms with van der Waals surface area (Å²) in [5, 5.41) is 0. The predicted molar refractivity (Wildman–Crippen MR) is 55.3 cm³/mol. The van der Waals surface area contributed by atoms with E-state index in [0.717, 1.165) is 12.8 Å². The van der Waals surface area contributed by atoms with Gasteiger partial charge in [-0.3, -0.25) is 4.79 Å². The summed E-state index contributed by atoms with van der Waals surface area (Å²) in [6.45, 7) is 2.78. The number of ether oxygens (including phenoxy) is 1. The van der Waals surface area contributed by atoms with Crippen LogP contribution in [0, 0.1) is 0 Å². The maximum Gasteiger partial charge on any atom is 0.416 e. The van der Waals surface area contributed by atoms with E-state index in [1.165, 1.54) is 4.90 Å². The molecule has 4 nitrogen and oxygen atoms in total. The van der Waals surface area contributed by atoms with E-state index in [9.17, 15) is 9.59 Å². The van der Waals surface area contributed by atoms with Gasteiger partial charge < -0.3 is 4.74 Å². The minimum atomic E-state index is -0.502. The summed E-state index contributed by atoms with van der Waals surface area (Å²) < 4.78 is 4.67. The largest absolute Gasteiger partial charge is 0.447 e. The van der Waals surface area contributed by atoms with Crippen LogP contribution in [-0.2, 0) is 9.53 Å². The van der Waals surface area contributed by atoms with E-state index < -0.39 is 6.09 Å². The van der Waals surface area contributed by atoms with Crippen LogP contribution in [0.25, 0.3) is 0 Å². The second kappa shape index (κ2) is 5.34. The molecule has 0 N–H and O–H groups in total. The van der Waals surface area contributed by atoms with Crippen molar-refractivity contribution in [3.05, 3.63) is 0 Å². The lowest BCUT2D eigenvalue weighted by Crippen LogP contribution is -2.31. The molecule has 1 rings (SSSR count). The second-order valence-corrected chi connectivity index (χ2v) is 4.50. The Hall–Kier alpha value is -0.580. The Morgan fingerprint density at radius 2 is 2.43 bits per heavy atom. The summed E-state index contributed by atoms with van der Waals surface area (Å²) in [5.74, 6) is -0.134. The first-order valence-corrected chi connectivity index (χ1v) is 5.68. The molecule has 0 spiro atoms. The van der Waals surface area contributed by atoms with Crippen LogP contribution in [0.5, 0.6) is 0 Å². The van der Waals surface area contributed by atoms with Crippen LogP contribution in [0.4, 0.5) is 4.79 Å². The summed E-state index contributed by atoms with van der Waals surface area (Å²) in [6.07, 6.45) is 1.65. The van der Waals surface area contributed by atoms with Crippen LogP contribution < -0.4 is 0 Å². The van der Waals surface area contributed by atoms with Crippen LogP contribution in [0.1, 0.15) is 26.2 Å². The van der Waals surface area contributed by atoms with E-state index in [4.69, 9.17) is 0 Å². The van der Waals surface area contributed by atoms with Crippen molar-refractivity contribution >= 4 is 27.9 Å². The van der Waals surface area contributed by atoms with Gasteiger partial charge in [0.1, 0.15) is 6.61 Å². The Kier molecular flexibility index (Phi) is 4.38. The first kappa shape index (κ1) is 11.5. The molecule has 0 aliphatic carbocycles. The van der Waals surface area contributed by atoms with Crippen molar-refractivity contribution in [2.75, 3.05) is 13.2 Å². The van der Waals surface area contributed by atoms with Gasteiger partial charge in [-0.05, 0) is 12.8 Å². The molecule has 0 aromatic heterocycles. The summed E-state index contributed by atoms with van der Waals surface area (Å²) in [4.78, 5) is 24.0. The molecule has 1 heterocycles. The molecular weight excluding hydrogens is 250 g/mol. The Labute approximate surface area is 91.7 Å². The number of carbonyl (C=O) groups is 2. The van der Waals surface area contributed by atoms with E-state index in [0.29, 0.717) is 24.4 Å². The zero-order chi connectivity index (χ0) is 10.6. The molecule has 14 heavy (non-hydrogen) atoms. The zero-order valence-corrected chi connectivity index (χ0v) is 9.75. The van der Waals surface area contributed by atoms with Crippen LogP contribution >= 0.6 is 15.9 Å². The Balaban J connectivity index is 2.31. The standard InChI is InChI=1S/C9H14BrNO3/c1-2-7(10)3-4-8(12)11-5-6-14-9(11)13/h7H,2-6H2,1H3. The van der Waals surface area contributed by atoms with Gasteiger partial charge in [0.15, 0.2) is 0 Å². The number of nitrogens with zero attached hydrogens (tertiary/aromatic N) is 1. The molecule has 1 aliphatic heterocycles. The third-order valence-electron chi connectivity index (χ3n) is 2.18. The van der Waals surface area contributed by atoms with Gasteiger partial charge in [0.25, 0.3) is 0 Å². The molecule has 5 heteroatoms. The first-order chi connectivity index (χ1) is 6.65. The van der Waals surface area contributed by atoms with Crippen molar-refractivity contribution in [1.82, 2.24) is 4.90 Å². The molecule has 1 aliphatic rings. The number of hydrogen-bond acceptors (Lipinski definition) is 3. The van der Waals surface area contributed by atoms with E-state index in [1.54, 1.807) is 0 Å². The third-order valence-corrected chi connectivity index (χ3v) is 3.28. The van der Waals surface area contributed by atoms with Gasteiger partial charge in [0, 0.05) is 11.2 Å². The molecule has 0 aromatic carbocycles. The monoisotopic (exact) mass is 263 g/mol. The van der Waals surface area contributed by atoms with Gasteiger partial charge in [-0.15, -0.1) is 0 Å². The number of hydrogen-bond donors (Lipinski definition) is 0. The molecule has 1 atom stereocenters. The molecule has 1 saturated heterocycles. The molecule has 0 saturated carbocycles. The summed E-state index contributed by atoms with van der Waals surface area (Å²) in [6, 6.07) is 0. The summed E-state index contributed by atoms with van der Waals surface area (Å²) in [5.41, 5.74) is 0. The minimum absolute atomic E-state index is 0.134. The molecule has 2 amide bonds. The van der Waals surface area contributed by atoms with Crippen LogP contribution in [0.2, 0.25) is 0 Å². The van der Waals surface area contributed by atoms with E-state index in [2.05, 4.69) is 20.7 Å². The Bertz CT molecular complexity index is 232. The number of cyclic esters (lactones) is 1. The predicted octanol–water partition coefficient (Wildman–Crippen LogP) is 1.92. The van der Waals surface area contributed by atoms with Gasteiger partial charge >= 0.3 is 6.09 Å². The highest BCUT2D eigenvalue weighted by Gasteiger charge is 2.27. The van der Waals surface area contributed by atoms with E-state index >= 15 is 0 Å². The van der Waals surface area contributed by atoms with Crippen molar-refractivity contribution in [3.8, 4) is 0 Å². The van der Waals surface area contributed by atoms with Crippen molar-refractivity contribution < 1.29 is 14.3 Å². The first-order valence-electron chi connectivity index (χ1n) is 4.76. The molecule has 0 aromatic rings. The quantitative estimate of drug-likeness (QED) is 0.729. The van der Waals surface area contributed by atoms with E-state index in [1.807, 2.05) is 6.92 Å². The van der Waals surface area contributed by atoms with Crippen LogP contribution in [-0.4, -0.2) is 34.9 Å². The van der Waals surface area contributed by atoms with Gasteiger partial charge in [-0.25, -0.2) is 9.69 Å². The van der Waals surface area contributed by atoms with E-state index in [-0.39, 0.29) is 5.91 Å². The summed E-state index contributed by atoms with van der Waals surface area (Å²) >= 11 is 3.44. The van der Waals surface area contributed by atoms with Crippen LogP contribution in [0.3, 0.4) is 0 Å². The van der Waals surface area contributed by atoms with Crippen molar-refractivity contribution in [1.29, 1.82) is 0 Å². The molecule has 1 unspecified atom stereocenters. The third kappa shape index (κ3) is 2.97. The van der Waals surface area contributed by atoms with Gasteiger partial charge in [-0.1, -0.05) is 22.9 Å². The summed E-state index contributed by atoms with van der Waals surface area (Å²) in [7, 11) is 0. The fourth-order valence-electron chi connectivity index (χ4n) is 1.24. The van der Waals surface area contributed by atoms with Crippen molar-refractivity contribution in [2.24, 2.45) is 0 Å². The number of amides is 2. The van der Waals surface area contributed by atoms with Gasteiger partial charge in [0.05, 0.1) is 6.54 Å². The van der Waals surface area contributed by atoms with Crippen molar-refractivity contribution in [2.45, 2.75) is 31.0 Å². The normalized spacial score (nSPS) is 18.1. The van der Waals surface area contributed by atoms with Crippen LogP contribution in [0.15, 0.2) is 0 Å². The second-order valence-electron chi connectivity index (χ2n) is 3.20. The maximum atomic E-state index is 11.5. The molecule has 1 fully saturated rings. The Morgan fingerprint density at radius 1 is 1.71 bits per heavy atom. The Morgan fingerprint density at radius 3 is 2.93 bits per heavy atom.